The Morgan fingerprint density at radius 1 is 0.875 bits per heavy atom. The van der Waals surface area contributed by atoms with E-state index in [0.29, 0.717) is 24.5 Å². The average Bonchev–Trinajstić information content (AvgIpc) is 2.92. The van der Waals surface area contributed by atoms with Gasteiger partial charge in [0.05, 0.1) is 30.9 Å². The Morgan fingerprint density at radius 2 is 1.48 bits per heavy atom. The second kappa shape index (κ2) is 15.0. The van der Waals surface area contributed by atoms with Crippen LogP contribution in [0.25, 0.3) is 5.57 Å². The second-order valence-electron chi connectivity index (χ2n) is 15.1. The highest BCUT2D eigenvalue weighted by atomic mass is 35.6. The number of rotatable bonds is 9. The first kappa shape index (κ1) is 40.2. The number of ether oxygens (including phenoxy) is 4. The fourth-order valence-electron chi connectivity index (χ4n) is 5.16. The molecule has 0 radical (unpaired) electrons. The normalized spacial score (nSPS) is 19.2. The molecule has 2 bridgehead atoms. The lowest BCUT2D eigenvalue weighted by atomic mass is 9.82. The number of carbonyl (C=O) groups is 3. The van der Waals surface area contributed by atoms with Crippen LogP contribution in [0.4, 0.5) is 9.59 Å². The number of alkyl halides is 3. The molecule has 2 aliphatic rings. The molecular weight excluding hydrogens is 699 g/mol. The Balaban J connectivity index is 1.98. The molecule has 14 heteroatoms. The maximum Gasteiger partial charge on any atom is 0.411 e. The molecule has 48 heavy (non-hydrogen) atoms. The number of esters is 1. The number of carbonyl (C=O) groups excluding carboxylic acids is 3. The van der Waals surface area contributed by atoms with E-state index in [-0.39, 0.29) is 36.7 Å². The van der Waals surface area contributed by atoms with Crippen molar-refractivity contribution in [1.82, 2.24) is 9.80 Å². The van der Waals surface area contributed by atoms with Gasteiger partial charge in [0.25, 0.3) is 0 Å². The SMILES string of the molecule is CCOC(=O)C1=C(c2ccc(OCCO[Si](C)(C)C(C)(C)C)cc2)C[C@@H]2CN(C(=O)OC(C)(C)C)C[C@H]1N2C(=O)OC(C)(C)C(Cl)(Cl)Cl. The summed E-state index contributed by atoms with van der Waals surface area (Å²) in [5.74, 6) is 0.0469. The van der Waals surface area contributed by atoms with Crippen molar-refractivity contribution in [2.75, 3.05) is 32.9 Å². The topological polar surface area (TPSA) is 104 Å². The van der Waals surface area contributed by atoms with Crippen LogP contribution in [0.1, 0.15) is 74.3 Å². The molecule has 0 unspecified atom stereocenters. The van der Waals surface area contributed by atoms with E-state index in [0.717, 1.165) is 5.56 Å². The van der Waals surface area contributed by atoms with Gasteiger partial charge in [0.1, 0.15) is 18.0 Å². The molecule has 0 aliphatic carbocycles. The van der Waals surface area contributed by atoms with Crippen LogP contribution in [0, 0.1) is 0 Å². The maximum absolute atomic E-state index is 13.8. The van der Waals surface area contributed by atoms with Crippen molar-refractivity contribution < 1.29 is 37.8 Å². The summed E-state index contributed by atoms with van der Waals surface area (Å²) >= 11 is 18.4. The third kappa shape index (κ3) is 9.74. The number of nitrogens with zero attached hydrogens (tertiary/aromatic N) is 2. The minimum absolute atomic E-state index is 0.0399. The van der Waals surface area contributed by atoms with Gasteiger partial charge in [-0.05, 0) is 89.4 Å². The molecule has 270 valence electrons. The van der Waals surface area contributed by atoms with Crippen molar-refractivity contribution in [1.29, 1.82) is 0 Å². The van der Waals surface area contributed by atoms with E-state index in [1.165, 1.54) is 23.6 Å². The van der Waals surface area contributed by atoms with E-state index in [1.54, 1.807) is 27.7 Å². The van der Waals surface area contributed by atoms with Crippen LogP contribution in [0.5, 0.6) is 5.75 Å². The van der Waals surface area contributed by atoms with E-state index < -0.39 is 53.6 Å². The largest absolute Gasteiger partial charge is 0.491 e. The van der Waals surface area contributed by atoms with Gasteiger partial charge in [0.2, 0.25) is 3.79 Å². The molecule has 0 saturated carbocycles. The lowest BCUT2D eigenvalue weighted by molar-refractivity contribution is -0.140. The molecular formula is C34H51Cl3N2O8Si. The van der Waals surface area contributed by atoms with E-state index in [1.807, 2.05) is 24.3 Å². The molecule has 1 fully saturated rings. The van der Waals surface area contributed by atoms with Gasteiger partial charge in [0.15, 0.2) is 13.9 Å². The third-order valence-electron chi connectivity index (χ3n) is 8.86. The maximum atomic E-state index is 13.8. The average molecular weight is 750 g/mol. The summed E-state index contributed by atoms with van der Waals surface area (Å²) in [6.07, 6.45) is -1.12. The fraction of sp³-hybridized carbons (Fsp3) is 0.676. The van der Waals surface area contributed by atoms with Crippen LogP contribution < -0.4 is 4.74 Å². The summed E-state index contributed by atoms with van der Waals surface area (Å²) in [4.78, 5) is 43.7. The third-order valence-corrected chi connectivity index (χ3v) is 14.8. The van der Waals surface area contributed by atoms with E-state index >= 15 is 0 Å². The zero-order valence-electron chi connectivity index (χ0n) is 30.0. The number of amides is 2. The van der Waals surface area contributed by atoms with Gasteiger partial charge in [-0.25, -0.2) is 14.4 Å². The van der Waals surface area contributed by atoms with Crippen LogP contribution in [-0.2, 0) is 23.4 Å². The number of hydrogen-bond donors (Lipinski definition) is 0. The molecule has 1 aromatic carbocycles. The Morgan fingerprint density at radius 3 is 2.00 bits per heavy atom. The van der Waals surface area contributed by atoms with Crippen LogP contribution in [0.2, 0.25) is 18.1 Å². The molecule has 2 aliphatic heterocycles. The molecule has 0 spiro atoms. The first-order chi connectivity index (χ1) is 21.9. The second-order valence-corrected chi connectivity index (χ2v) is 22.2. The monoisotopic (exact) mass is 748 g/mol. The van der Waals surface area contributed by atoms with Gasteiger partial charge in [0, 0.05) is 13.1 Å². The lowest BCUT2D eigenvalue weighted by Crippen LogP contribution is -2.66. The molecule has 10 nitrogen and oxygen atoms in total. The Hall–Kier alpha value is -2.18. The summed E-state index contributed by atoms with van der Waals surface area (Å²) in [6.45, 7) is 22.1. The summed E-state index contributed by atoms with van der Waals surface area (Å²) in [5.41, 5.74) is -0.556. The number of fused-ring (bicyclic) bond motifs is 2. The van der Waals surface area contributed by atoms with Crippen LogP contribution in [0.15, 0.2) is 29.8 Å². The number of benzene rings is 1. The molecule has 0 N–H and O–H groups in total. The molecule has 2 amide bonds. The number of halogens is 3. The van der Waals surface area contributed by atoms with Gasteiger partial charge in [-0.1, -0.05) is 67.7 Å². The first-order valence-electron chi connectivity index (χ1n) is 16.2. The summed E-state index contributed by atoms with van der Waals surface area (Å²) in [7, 11) is -1.89. The van der Waals surface area contributed by atoms with Gasteiger partial charge in [-0.15, -0.1) is 0 Å². The van der Waals surface area contributed by atoms with Gasteiger partial charge in [-0.3, -0.25) is 4.90 Å². The van der Waals surface area contributed by atoms with Crippen LogP contribution >= 0.6 is 34.8 Å². The predicted octanol–water partition coefficient (Wildman–Crippen LogP) is 8.38. The molecule has 2 heterocycles. The van der Waals surface area contributed by atoms with Crippen LogP contribution in [0.3, 0.4) is 0 Å². The zero-order valence-corrected chi connectivity index (χ0v) is 33.3. The van der Waals surface area contributed by atoms with Crippen molar-refractivity contribution in [2.24, 2.45) is 0 Å². The lowest BCUT2D eigenvalue weighted by Gasteiger charge is -2.50. The van der Waals surface area contributed by atoms with Crippen molar-refractivity contribution in [2.45, 2.75) is 114 Å². The van der Waals surface area contributed by atoms with E-state index in [9.17, 15) is 14.4 Å². The summed E-state index contributed by atoms with van der Waals surface area (Å²) < 4.78 is 27.2. The highest BCUT2D eigenvalue weighted by molar-refractivity contribution is 6.74. The smallest absolute Gasteiger partial charge is 0.411 e. The van der Waals surface area contributed by atoms with E-state index in [2.05, 4.69) is 33.9 Å². The minimum Gasteiger partial charge on any atom is -0.491 e. The Kier molecular flexibility index (Phi) is 12.6. The predicted molar refractivity (Wildman–Crippen MR) is 191 cm³/mol. The molecule has 2 atom stereocenters. The number of piperazine rings is 1. The van der Waals surface area contributed by atoms with Crippen molar-refractivity contribution in [3.63, 3.8) is 0 Å². The standard InChI is InChI=1S/C34H51Cl3N2O8Si/c1-12-43-28(40)27-25(22-13-15-24(16-14-22)44-17-18-45-48(10,11)32(5,6)7)19-23-20-38(29(41)46-31(2,3)4)21-26(27)39(23)30(42)47-33(8,9)34(35,36)37/h13-16,23,26H,12,17-21H2,1-11H3/t23-,26-/m1/s1. The van der Waals surface area contributed by atoms with Crippen molar-refractivity contribution >= 4 is 66.8 Å². The Labute approximate surface area is 301 Å². The van der Waals surface area contributed by atoms with Gasteiger partial charge >= 0.3 is 18.2 Å². The van der Waals surface area contributed by atoms with Gasteiger partial charge in [-0.2, -0.15) is 0 Å². The molecule has 1 aromatic rings. The fourth-order valence-corrected chi connectivity index (χ4v) is 6.30. The quantitative estimate of drug-likeness (QED) is 0.0816. The highest BCUT2D eigenvalue weighted by Gasteiger charge is 2.52. The first-order valence-corrected chi connectivity index (χ1v) is 20.3. The Bertz CT molecular complexity index is 1360. The molecule has 0 aromatic heterocycles. The van der Waals surface area contributed by atoms with Crippen LogP contribution in [-0.4, -0.2) is 96.3 Å². The van der Waals surface area contributed by atoms with Gasteiger partial charge < -0.3 is 28.3 Å². The summed E-state index contributed by atoms with van der Waals surface area (Å²) in [6, 6.07) is 5.90. The highest BCUT2D eigenvalue weighted by Crippen LogP contribution is 2.44. The zero-order chi connectivity index (χ0) is 36.5. The minimum atomic E-state index is -1.93. The molecule has 1 saturated heterocycles. The van der Waals surface area contributed by atoms with E-state index in [4.69, 9.17) is 58.2 Å². The molecule has 3 rings (SSSR count). The van der Waals surface area contributed by atoms with Crippen molar-refractivity contribution in [3.8, 4) is 5.75 Å². The summed E-state index contributed by atoms with van der Waals surface area (Å²) in [5, 5.41) is 0.104. The number of hydrogen-bond acceptors (Lipinski definition) is 8. The van der Waals surface area contributed by atoms with Crippen molar-refractivity contribution in [3.05, 3.63) is 35.4 Å².